The highest BCUT2D eigenvalue weighted by molar-refractivity contribution is 5.96. The Hall–Kier alpha value is -3.88. The van der Waals surface area contributed by atoms with Gasteiger partial charge in [-0.1, -0.05) is 11.2 Å². The second-order valence-electron chi connectivity index (χ2n) is 6.38. The predicted octanol–water partition coefficient (Wildman–Crippen LogP) is 2.19. The van der Waals surface area contributed by atoms with E-state index in [1.54, 1.807) is 50.6 Å². The number of hydrogen-bond acceptors (Lipinski definition) is 7. The van der Waals surface area contributed by atoms with E-state index in [-0.39, 0.29) is 18.1 Å². The van der Waals surface area contributed by atoms with Crippen molar-refractivity contribution in [2.75, 3.05) is 14.2 Å². The van der Waals surface area contributed by atoms with Gasteiger partial charge >= 0.3 is 0 Å². The predicted molar refractivity (Wildman–Crippen MR) is 108 cm³/mol. The average molecular weight is 410 g/mol. The van der Waals surface area contributed by atoms with Crippen molar-refractivity contribution in [2.45, 2.75) is 19.5 Å². The first kappa shape index (κ1) is 20.8. The van der Waals surface area contributed by atoms with Crippen LogP contribution in [0.5, 0.6) is 11.5 Å². The van der Waals surface area contributed by atoms with E-state index in [4.69, 9.17) is 14.0 Å². The summed E-state index contributed by atoms with van der Waals surface area (Å²) < 4.78 is 15.9. The molecule has 0 aliphatic heterocycles. The van der Waals surface area contributed by atoms with Crippen LogP contribution in [-0.4, -0.2) is 42.2 Å². The molecule has 0 saturated carbocycles. The topological polar surface area (TPSA) is 116 Å². The van der Waals surface area contributed by atoms with Crippen LogP contribution < -0.4 is 20.1 Å². The van der Waals surface area contributed by atoms with E-state index in [0.29, 0.717) is 22.8 Å². The first-order valence-corrected chi connectivity index (χ1v) is 9.19. The fourth-order valence-electron chi connectivity index (χ4n) is 2.69. The highest BCUT2D eigenvalue weighted by Gasteiger charge is 2.21. The number of ether oxygens (including phenoxy) is 2. The maximum absolute atomic E-state index is 12.5. The van der Waals surface area contributed by atoms with Gasteiger partial charge in [-0.3, -0.25) is 14.6 Å². The Bertz CT molecular complexity index is 1020. The summed E-state index contributed by atoms with van der Waals surface area (Å²) in [7, 11) is 3.08. The average Bonchev–Trinajstić information content (AvgIpc) is 3.28. The van der Waals surface area contributed by atoms with Gasteiger partial charge in [-0.15, -0.1) is 0 Å². The summed E-state index contributed by atoms with van der Waals surface area (Å²) >= 11 is 0. The lowest BCUT2D eigenvalue weighted by Gasteiger charge is -2.13. The number of amides is 2. The molecule has 9 nitrogen and oxygen atoms in total. The molecule has 1 atom stereocenters. The summed E-state index contributed by atoms with van der Waals surface area (Å²) in [5, 5.41) is 9.13. The smallest absolute Gasteiger partial charge is 0.274 e. The number of benzene rings is 1. The fraction of sp³-hybridized carbons (Fsp3) is 0.238. The molecule has 0 bridgehead atoms. The first-order valence-electron chi connectivity index (χ1n) is 9.19. The summed E-state index contributed by atoms with van der Waals surface area (Å²) in [4.78, 5) is 28.8. The van der Waals surface area contributed by atoms with Crippen LogP contribution in [0.3, 0.4) is 0 Å². The van der Waals surface area contributed by atoms with Crippen molar-refractivity contribution >= 4 is 11.8 Å². The summed E-state index contributed by atoms with van der Waals surface area (Å²) in [5.41, 5.74) is 1.35. The summed E-state index contributed by atoms with van der Waals surface area (Å²) in [6.07, 6.45) is 1.65. The molecular weight excluding hydrogens is 388 g/mol. The minimum Gasteiger partial charge on any atom is -0.497 e. The van der Waals surface area contributed by atoms with Crippen LogP contribution in [0, 0.1) is 0 Å². The van der Waals surface area contributed by atoms with Crippen LogP contribution in [0.25, 0.3) is 11.3 Å². The van der Waals surface area contributed by atoms with Gasteiger partial charge in [0.2, 0.25) is 5.91 Å². The van der Waals surface area contributed by atoms with Crippen LogP contribution in [-0.2, 0) is 11.3 Å². The van der Waals surface area contributed by atoms with Crippen molar-refractivity contribution in [3.8, 4) is 22.8 Å². The van der Waals surface area contributed by atoms with Gasteiger partial charge in [0.05, 0.1) is 32.0 Å². The molecule has 1 unspecified atom stereocenters. The molecule has 3 aromatic rings. The second kappa shape index (κ2) is 9.55. The van der Waals surface area contributed by atoms with Crippen LogP contribution in [0.1, 0.15) is 23.1 Å². The minimum absolute atomic E-state index is 0.0410. The van der Waals surface area contributed by atoms with Gasteiger partial charge < -0.3 is 24.6 Å². The Morgan fingerprint density at radius 1 is 1.13 bits per heavy atom. The molecule has 9 heteroatoms. The summed E-state index contributed by atoms with van der Waals surface area (Å²) in [5.74, 6) is 0.607. The maximum atomic E-state index is 12.5. The number of carbonyl (C=O) groups is 2. The number of nitrogens with zero attached hydrogens (tertiary/aromatic N) is 2. The van der Waals surface area contributed by atoms with Gasteiger partial charge in [-0.25, -0.2) is 0 Å². The number of carbonyl (C=O) groups excluding carboxylic acids is 2. The Balaban J connectivity index is 1.64. The van der Waals surface area contributed by atoms with Gasteiger partial charge in [-0.05, 0) is 37.3 Å². The van der Waals surface area contributed by atoms with E-state index in [0.717, 1.165) is 5.69 Å². The highest BCUT2D eigenvalue weighted by atomic mass is 16.5. The number of aromatic nitrogens is 2. The van der Waals surface area contributed by atoms with Crippen molar-refractivity contribution in [2.24, 2.45) is 0 Å². The Morgan fingerprint density at radius 2 is 1.97 bits per heavy atom. The van der Waals surface area contributed by atoms with Gasteiger partial charge in [0.1, 0.15) is 17.5 Å². The molecule has 2 heterocycles. The maximum Gasteiger partial charge on any atom is 0.274 e. The second-order valence-corrected chi connectivity index (χ2v) is 6.38. The molecule has 2 N–H and O–H groups in total. The normalized spacial score (nSPS) is 11.4. The summed E-state index contributed by atoms with van der Waals surface area (Å²) in [6, 6.07) is 11.3. The lowest BCUT2D eigenvalue weighted by Crippen LogP contribution is -2.44. The SMILES string of the molecule is COc1ccc(OC)c(-c2cc(C(=O)NC(C)C(=O)NCc3ccccn3)no2)c1. The Labute approximate surface area is 173 Å². The minimum atomic E-state index is -0.771. The standard InChI is InChI=1S/C21H22N4O5/c1-13(20(26)23-12-14-6-4-5-9-22-14)24-21(27)17-11-19(30-25-17)16-10-15(28-2)7-8-18(16)29-3/h4-11,13H,12H2,1-3H3,(H,23,26)(H,24,27). The van der Waals surface area contributed by atoms with Crippen molar-refractivity contribution < 1.29 is 23.6 Å². The number of rotatable bonds is 8. The molecule has 156 valence electrons. The highest BCUT2D eigenvalue weighted by Crippen LogP contribution is 2.33. The summed E-state index contributed by atoms with van der Waals surface area (Å²) in [6.45, 7) is 1.85. The molecular formula is C21H22N4O5. The zero-order chi connectivity index (χ0) is 21.5. The molecule has 2 aromatic heterocycles. The Kier molecular flexibility index (Phi) is 6.63. The molecule has 0 aliphatic rings. The fourth-order valence-corrected chi connectivity index (χ4v) is 2.69. The molecule has 0 spiro atoms. The third-order valence-corrected chi connectivity index (χ3v) is 4.33. The van der Waals surface area contributed by atoms with Crippen LogP contribution >= 0.6 is 0 Å². The lowest BCUT2D eigenvalue weighted by molar-refractivity contribution is -0.122. The third-order valence-electron chi connectivity index (χ3n) is 4.33. The number of methoxy groups -OCH3 is 2. The van der Waals surface area contributed by atoms with E-state index >= 15 is 0 Å². The van der Waals surface area contributed by atoms with Crippen LogP contribution in [0.2, 0.25) is 0 Å². The molecule has 2 amide bonds. The Morgan fingerprint density at radius 3 is 2.67 bits per heavy atom. The van der Waals surface area contributed by atoms with Crippen molar-refractivity contribution in [1.29, 1.82) is 0 Å². The van der Waals surface area contributed by atoms with Gasteiger partial charge in [0.15, 0.2) is 11.5 Å². The lowest BCUT2D eigenvalue weighted by atomic mass is 10.1. The van der Waals surface area contributed by atoms with Gasteiger partial charge in [0, 0.05) is 12.3 Å². The quantitative estimate of drug-likeness (QED) is 0.585. The first-order chi connectivity index (χ1) is 14.5. The zero-order valence-electron chi connectivity index (χ0n) is 16.8. The van der Waals surface area contributed by atoms with E-state index < -0.39 is 11.9 Å². The molecule has 0 aliphatic carbocycles. The number of hydrogen-bond donors (Lipinski definition) is 2. The van der Waals surface area contributed by atoms with Gasteiger partial charge in [0.25, 0.3) is 5.91 Å². The van der Waals surface area contributed by atoms with Gasteiger partial charge in [-0.2, -0.15) is 0 Å². The number of nitrogens with one attached hydrogen (secondary N) is 2. The van der Waals surface area contributed by atoms with Crippen molar-refractivity contribution in [3.05, 3.63) is 60.0 Å². The van der Waals surface area contributed by atoms with E-state index in [1.807, 2.05) is 6.07 Å². The molecule has 3 rings (SSSR count). The monoisotopic (exact) mass is 410 g/mol. The van der Waals surface area contributed by atoms with E-state index in [1.165, 1.54) is 13.2 Å². The largest absolute Gasteiger partial charge is 0.497 e. The third kappa shape index (κ3) is 4.93. The molecule has 0 fully saturated rings. The van der Waals surface area contributed by atoms with Crippen molar-refractivity contribution in [1.82, 2.24) is 20.8 Å². The van der Waals surface area contributed by atoms with Crippen molar-refractivity contribution in [3.63, 3.8) is 0 Å². The van der Waals surface area contributed by atoms with Crippen LogP contribution in [0.4, 0.5) is 0 Å². The molecule has 0 radical (unpaired) electrons. The van der Waals surface area contributed by atoms with E-state index in [9.17, 15) is 9.59 Å². The number of pyridine rings is 1. The van der Waals surface area contributed by atoms with E-state index in [2.05, 4.69) is 20.8 Å². The molecule has 1 aromatic carbocycles. The zero-order valence-corrected chi connectivity index (χ0v) is 16.8. The molecule has 0 saturated heterocycles. The molecule has 30 heavy (non-hydrogen) atoms. The van der Waals surface area contributed by atoms with Crippen LogP contribution in [0.15, 0.2) is 53.2 Å².